The fourth-order valence-corrected chi connectivity index (χ4v) is 3.31. The molecule has 1 saturated heterocycles. The van der Waals surface area contributed by atoms with E-state index in [4.69, 9.17) is 11.6 Å². The average Bonchev–Trinajstić information content (AvgIpc) is 2.70. The summed E-state index contributed by atoms with van der Waals surface area (Å²) in [7, 11) is 0. The van der Waals surface area contributed by atoms with E-state index in [0.29, 0.717) is 18.1 Å². The van der Waals surface area contributed by atoms with Gasteiger partial charge in [0.15, 0.2) is 17.5 Å². The Bertz CT molecular complexity index is 839. The molecule has 4 nitrogen and oxygen atoms in total. The lowest BCUT2D eigenvalue weighted by Gasteiger charge is -2.37. The molecular formula is C20H21ClF3N3O. The number of anilines is 1. The van der Waals surface area contributed by atoms with Crippen LogP contribution in [0.4, 0.5) is 18.9 Å². The topological polar surface area (TPSA) is 35.6 Å². The molecule has 1 amide bonds. The lowest BCUT2D eigenvalue weighted by Crippen LogP contribution is -2.52. The largest absolute Gasteiger partial charge is 0.322 e. The molecule has 3 rings (SSSR count). The lowest BCUT2D eigenvalue weighted by molar-refractivity contribution is -0.121. The van der Waals surface area contributed by atoms with Gasteiger partial charge in [0, 0.05) is 37.7 Å². The van der Waals surface area contributed by atoms with E-state index in [2.05, 4.69) is 10.2 Å². The standard InChI is InChI=1S/C20H21ClF3N3O/c1-13(20(28)25-17-7-6-16(22)18(23)19(17)24)27-10-8-26(9-11-27)12-14-2-4-15(21)5-3-14/h2-7,13H,8-12H2,1H3,(H,25,28)/t13-/m0/s1. The monoisotopic (exact) mass is 411 g/mol. The molecule has 0 aliphatic carbocycles. The number of hydrogen-bond acceptors (Lipinski definition) is 3. The number of rotatable bonds is 5. The maximum Gasteiger partial charge on any atom is 0.241 e. The van der Waals surface area contributed by atoms with E-state index in [0.717, 1.165) is 37.3 Å². The van der Waals surface area contributed by atoms with E-state index in [1.165, 1.54) is 0 Å². The molecule has 0 spiro atoms. The SMILES string of the molecule is C[C@@H](C(=O)Nc1ccc(F)c(F)c1F)N1CCN(Cc2ccc(Cl)cc2)CC1. The fourth-order valence-electron chi connectivity index (χ4n) is 3.18. The Morgan fingerprint density at radius 2 is 1.68 bits per heavy atom. The van der Waals surface area contributed by atoms with Crippen LogP contribution in [0.3, 0.4) is 0 Å². The fraction of sp³-hybridized carbons (Fsp3) is 0.350. The van der Waals surface area contributed by atoms with Gasteiger partial charge in [-0.15, -0.1) is 0 Å². The smallest absolute Gasteiger partial charge is 0.241 e. The van der Waals surface area contributed by atoms with E-state index in [9.17, 15) is 18.0 Å². The van der Waals surface area contributed by atoms with Crippen LogP contribution in [0.25, 0.3) is 0 Å². The first-order valence-electron chi connectivity index (χ1n) is 9.00. The molecule has 8 heteroatoms. The molecule has 2 aromatic carbocycles. The molecule has 28 heavy (non-hydrogen) atoms. The summed E-state index contributed by atoms with van der Waals surface area (Å²) in [5.41, 5.74) is 0.801. The number of benzene rings is 2. The Hall–Kier alpha value is -2.09. The number of piperazine rings is 1. The van der Waals surface area contributed by atoms with Crippen molar-refractivity contribution in [1.82, 2.24) is 9.80 Å². The molecule has 1 fully saturated rings. The molecule has 0 bridgehead atoms. The molecule has 2 aromatic rings. The summed E-state index contributed by atoms with van der Waals surface area (Å²) in [6.45, 7) is 5.40. The Kier molecular flexibility index (Phi) is 6.59. The molecule has 0 unspecified atom stereocenters. The minimum atomic E-state index is -1.60. The van der Waals surface area contributed by atoms with Crippen LogP contribution >= 0.6 is 11.6 Å². The zero-order chi connectivity index (χ0) is 20.3. The Morgan fingerprint density at radius 1 is 1.04 bits per heavy atom. The number of carbonyl (C=O) groups is 1. The zero-order valence-corrected chi connectivity index (χ0v) is 16.1. The average molecular weight is 412 g/mol. The van der Waals surface area contributed by atoms with E-state index < -0.39 is 29.4 Å². The number of halogens is 4. The van der Waals surface area contributed by atoms with Gasteiger partial charge >= 0.3 is 0 Å². The minimum absolute atomic E-state index is 0.364. The summed E-state index contributed by atoms with van der Waals surface area (Å²) >= 11 is 5.90. The van der Waals surface area contributed by atoms with Crippen LogP contribution in [0.2, 0.25) is 5.02 Å². The Balaban J connectivity index is 1.53. The summed E-state index contributed by atoms with van der Waals surface area (Å²) < 4.78 is 40.1. The van der Waals surface area contributed by atoms with Crippen molar-refractivity contribution in [1.29, 1.82) is 0 Å². The van der Waals surface area contributed by atoms with Crippen molar-refractivity contribution in [2.45, 2.75) is 19.5 Å². The van der Waals surface area contributed by atoms with Gasteiger partial charge in [-0.3, -0.25) is 14.6 Å². The Labute approximate surface area is 166 Å². The van der Waals surface area contributed by atoms with Gasteiger partial charge in [0.25, 0.3) is 0 Å². The highest BCUT2D eigenvalue weighted by Gasteiger charge is 2.26. The molecule has 1 aliphatic rings. The first-order chi connectivity index (χ1) is 13.3. The molecule has 150 valence electrons. The number of nitrogens with zero attached hydrogens (tertiary/aromatic N) is 2. The predicted molar refractivity (Wildman–Crippen MR) is 103 cm³/mol. The van der Waals surface area contributed by atoms with Crippen molar-refractivity contribution in [2.75, 3.05) is 31.5 Å². The highest BCUT2D eigenvalue weighted by atomic mass is 35.5. The second-order valence-electron chi connectivity index (χ2n) is 6.83. The third-order valence-corrected chi connectivity index (χ3v) is 5.20. The molecule has 1 aliphatic heterocycles. The second kappa shape index (κ2) is 8.94. The third kappa shape index (κ3) is 4.84. The van der Waals surface area contributed by atoms with Gasteiger partial charge in [-0.2, -0.15) is 0 Å². The van der Waals surface area contributed by atoms with E-state index >= 15 is 0 Å². The van der Waals surface area contributed by atoms with Crippen molar-refractivity contribution in [3.8, 4) is 0 Å². The third-order valence-electron chi connectivity index (χ3n) is 4.95. The van der Waals surface area contributed by atoms with E-state index in [1.807, 2.05) is 29.2 Å². The van der Waals surface area contributed by atoms with Crippen LogP contribution in [0, 0.1) is 17.5 Å². The highest BCUT2D eigenvalue weighted by molar-refractivity contribution is 6.30. The van der Waals surface area contributed by atoms with Gasteiger partial charge in [0.2, 0.25) is 5.91 Å². The van der Waals surface area contributed by atoms with Crippen molar-refractivity contribution in [2.24, 2.45) is 0 Å². The number of carbonyl (C=O) groups excluding carboxylic acids is 1. The summed E-state index contributed by atoms with van der Waals surface area (Å²) in [6, 6.07) is 8.97. The number of nitrogens with one attached hydrogen (secondary N) is 1. The molecule has 0 aromatic heterocycles. The van der Waals surface area contributed by atoms with Crippen LogP contribution in [0.5, 0.6) is 0 Å². The van der Waals surface area contributed by atoms with Crippen LogP contribution in [-0.4, -0.2) is 47.9 Å². The van der Waals surface area contributed by atoms with Gasteiger partial charge in [-0.1, -0.05) is 23.7 Å². The molecule has 0 radical (unpaired) electrons. The first-order valence-corrected chi connectivity index (χ1v) is 9.38. The number of hydrogen-bond donors (Lipinski definition) is 1. The lowest BCUT2D eigenvalue weighted by atomic mass is 10.1. The summed E-state index contributed by atoms with van der Waals surface area (Å²) in [5.74, 6) is -4.74. The zero-order valence-electron chi connectivity index (χ0n) is 15.4. The van der Waals surface area contributed by atoms with Crippen molar-refractivity contribution >= 4 is 23.2 Å². The second-order valence-corrected chi connectivity index (χ2v) is 7.26. The van der Waals surface area contributed by atoms with Gasteiger partial charge in [-0.25, -0.2) is 13.2 Å². The summed E-state index contributed by atoms with van der Waals surface area (Å²) in [6.07, 6.45) is 0. The number of amides is 1. The van der Waals surface area contributed by atoms with Crippen molar-refractivity contribution in [3.05, 3.63) is 64.4 Å². The quantitative estimate of drug-likeness (QED) is 0.758. The normalized spacial score (nSPS) is 16.8. The van der Waals surface area contributed by atoms with Crippen LogP contribution in [0.1, 0.15) is 12.5 Å². The highest BCUT2D eigenvalue weighted by Crippen LogP contribution is 2.20. The summed E-state index contributed by atoms with van der Waals surface area (Å²) in [5, 5.41) is 3.04. The molecule has 0 saturated carbocycles. The van der Waals surface area contributed by atoms with Crippen molar-refractivity contribution < 1.29 is 18.0 Å². The van der Waals surface area contributed by atoms with Crippen LogP contribution in [-0.2, 0) is 11.3 Å². The van der Waals surface area contributed by atoms with E-state index in [-0.39, 0.29) is 5.69 Å². The van der Waals surface area contributed by atoms with Gasteiger partial charge in [0.05, 0.1) is 11.7 Å². The van der Waals surface area contributed by atoms with Crippen molar-refractivity contribution in [3.63, 3.8) is 0 Å². The molecule has 1 atom stereocenters. The van der Waals surface area contributed by atoms with Gasteiger partial charge in [-0.05, 0) is 36.8 Å². The minimum Gasteiger partial charge on any atom is -0.322 e. The first kappa shape index (κ1) is 20.6. The molecule has 1 N–H and O–H groups in total. The molecular weight excluding hydrogens is 391 g/mol. The van der Waals surface area contributed by atoms with Crippen LogP contribution in [0.15, 0.2) is 36.4 Å². The maximum atomic E-state index is 13.8. The molecule has 1 heterocycles. The summed E-state index contributed by atoms with van der Waals surface area (Å²) in [4.78, 5) is 16.7. The Morgan fingerprint density at radius 3 is 2.32 bits per heavy atom. The van der Waals surface area contributed by atoms with E-state index in [1.54, 1.807) is 6.92 Å². The van der Waals surface area contributed by atoms with Gasteiger partial charge in [0.1, 0.15) is 0 Å². The van der Waals surface area contributed by atoms with Crippen LogP contribution < -0.4 is 5.32 Å². The predicted octanol–water partition coefficient (Wildman–Crippen LogP) is 3.90. The van der Waals surface area contributed by atoms with Gasteiger partial charge < -0.3 is 5.32 Å². The maximum absolute atomic E-state index is 13.8.